The Morgan fingerprint density at radius 1 is 0.839 bits per heavy atom. The van der Waals surface area contributed by atoms with Crippen molar-refractivity contribution in [2.24, 2.45) is 5.41 Å². The smallest absolute Gasteiger partial charge is 0.466 e. The fraction of sp³-hybridized carbons (Fsp3) is 0.800. The molecule has 7 nitrogen and oxygen atoms in total. The number of carbonyl (C=O) groups excluding carboxylic acids is 1. The third kappa shape index (κ3) is 13.5. The Bertz CT molecular complexity index is 627. The second kappa shape index (κ2) is 11.0. The predicted molar refractivity (Wildman–Crippen MR) is 135 cm³/mol. The SMILES string of the molecule is CC(C)(C)C(CCOC(=O)/C=C/C(=O)O)[Si](C)(C)O[Si](C)(O[Si](C)(C)C)O[Si](C)(C)C. The van der Waals surface area contributed by atoms with Gasteiger partial charge in [-0.2, -0.15) is 0 Å². The summed E-state index contributed by atoms with van der Waals surface area (Å²) in [7, 11) is -9.04. The van der Waals surface area contributed by atoms with Crippen LogP contribution < -0.4 is 0 Å². The van der Waals surface area contributed by atoms with Crippen molar-refractivity contribution in [1.82, 2.24) is 0 Å². The second-order valence-corrected chi connectivity index (χ2v) is 28.1. The fourth-order valence-electron chi connectivity index (χ4n) is 4.01. The summed E-state index contributed by atoms with van der Waals surface area (Å²) >= 11 is 0. The predicted octanol–water partition coefficient (Wildman–Crippen LogP) is 5.47. The minimum atomic E-state index is -2.88. The molecule has 0 fully saturated rings. The van der Waals surface area contributed by atoms with Gasteiger partial charge in [0.15, 0.2) is 25.0 Å². The van der Waals surface area contributed by atoms with Crippen LogP contribution in [0.5, 0.6) is 0 Å². The number of carboxylic acids is 1. The van der Waals surface area contributed by atoms with Crippen molar-refractivity contribution in [2.45, 2.75) is 91.7 Å². The first-order valence-electron chi connectivity index (χ1n) is 10.7. The van der Waals surface area contributed by atoms with Crippen LogP contribution in [-0.4, -0.2) is 57.4 Å². The van der Waals surface area contributed by atoms with Crippen molar-refractivity contribution in [3.63, 3.8) is 0 Å². The van der Waals surface area contributed by atoms with Gasteiger partial charge in [-0.25, -0.2) is 9.59 Å². The number of carbonyl (C=O) groups is 2. The van der Waals surface area contributed by atoms with Gasteiger partial charge in [0.1, 0.15) is 0 Å². The molecular weight excluding hydrogens is 465 g/mol. The molecule has 0 aromatic rings. The molecule has 0 aliphatic heterocycles. The van der Waals surface area contributed by atoms with Gasteiger partial charge in [-0.05, 0) is 69.8 Å². The molecule has 0 spiro atoms. The highest BCUT2D eigenvalue weighted by molar-refractivity contribution is 6.90. The zero-order valence-corrected chi connectivity index (χ0v) is 25.5. The standard InChI is InChI=1S/C20H44O7Si4/c1-20(2,3)17(15-16-24-19(23)14-13-18(21)22)30(10,11)27-31(12,25-28(4,5)6)26-29(7,8)9/h13-14,17H,15-16H2,1-12H3,(H,21,22)/b14-13+. The van der Waals surface area contributed by atoms with Gasteiger partial charge in [0.25, 0.3) is 0 Å². The van der Waals surface area contributed by atoms with Gasteiger partial charge in [0.2, 0.25) is 0 Å². The summed E-state index contributed by atoms with van der Waals surface area (Å²) in [6, 6.07) is 0. The lowest BCUT2D eigenvalue weighted by molar-refractivity contribution is -0.139. The lowest BCUT2D eigenvalue weighted by Crippen LogP contribution is -2.61. The van der Waals surface area contributed by atoms with E-state index >= 15 is 0 Å². The molecule has 0 aromatic heterocycles. The first kappa shape index (κ1) is 30.4. The fourth-order valence-corrected chi connectivity index (χ4v) is 21.8. The highest BCUT2D eigenvalue weighted by atomic mass is 28.5. The van der Waals surface area contributed by atoms with Gasteiger partial charge in [-0.1, -0.05) is 20.8 Å². The average Bonchev–Trinajstić information content (AvgIpc) is 2.42. The van der Waals surface area contributed by atoms with E-state index in [1.807, 2.05) is 6.55 Å². The molecule has 0 aliphatic rings. The first-order valence-corrected chi connectivity index (χ1v) is 22.8. The molecule has 0 bridgehead atoms. The minimum Gasteiger partial charge on any atom is -0.478 e. The van der Waals surface area contributed by atoms with Crippen LogP contribution in [0.25, 0.3) is 0 Å². The topological polar surface area (TPSA) is 91.3 Å². The van der Waals surface area contributed by atoms with E-state index in [2.05, 4.69) is 73.1 Å². The Morgan fingerprint density at radius 2 is 1.29 bits per heavy atom. The number of carboxylic acid groups (broad SMARTS) is 1. The van der Waals surface area contributed by atoms with E-state index in [-0.39, 0.29) is 17.6 Å². The van der Waals surface area contributed by atoms with Gasteiger partial charge in [0, 0.05) is 18.7 Å². The van der Waals surface area contributed by atoms with Crippen molar-refractivity contribution in [1.29, 1.82) is 0 Å². The number of esters is 1. The van der Waals surface area contributed by atoms with Crippen LogP contribution in [0.1, 0.15) is 27.2 Å². The van der Waals surface area contributed by atoms with E-state index in [0.717, 1.165) is 12.2 Å². The number of hydrogen-bond donors (Lipinski definition) is 1. The van der Waals surface area contributed by atoms with E-state index in [4.69, 9.17) is 22.2 Å². The molecule has 11 heteroatoms. The van der Waals surface area contributed by atoms with Crippen molar-refractivity contribution < 1.29 is 31.8 Å². The van der Waals surface area contributed by atoms with Gasteiger partial charge >= 0.3 is 20.7 Å². The van der Waals surface area contributed by atoms with Crippen LogP contribution in [0.3, 0.4) is 0 Å². The summed E-state index contributed by atoms with van der Waals surface area (Å²) in [6.07, 6.45) is 2.34. The lowest BCUT2D eigenvalue weighted by Gasteiger charge is -2.47. The van der Waals surface area contributed by atoms with Crippen LogP contribution in [0.15, 0.2) is 12.2 Å². The van der Waals surface area contributed by atoms with Gasteiger partial charge in [-0.15, -0.1) is 0 Å². The Kier molecular flexibility index (Phi) is 10.8. The lowest BCUT2D eigenvalue weighted by atomic mass is 9.90. The maximum atomic E-state index is 11.8. The Hall–Kier alpha value is -0.572. The quantitative estimate of drug-likeness (QED) is 0.212. The van der Waals surface area contributed by atoms with E-state index in [9.17, 15) is 9.59 Å². The Labute approximate surface area is 193 Å². The average molecular weight is 509 g/mol. The van der Waals surface area contributed by atoms with E-state index in [1.165, 1.54) is 0 Å². The summed E-state index contributed by atoms with van der Waals surface area (Å²) in [4.78, 5) is 22.3. The molecule has 31 heavy (non-hydrogen) atoms. The van der Waals surface area contributed by atoms with Crippen molar-refractivity contribution >= 4 is 45.7 Å². The number of hydrogen-bond acceptors (Lipinski definition) is 6. The zero-order chi connectivity index (χ0) is 24.9. The van der Waals surface area contributed by atoms with Crippen LogP contribution in [0, 0.1) is 5.41 Å². The molecule has 0 saturated heterocycles. The highest BCUT2D eigenvalue weighted by Crippen LogP contribution is 2.44. The number of ether oxygens (including phenoxy) is 1. The summed E-state index contributed by atoms with van der Waals surface area (Å²) in [5, 5.41) is 8.64. The molecule has 0 heterocycles. The number of aliphatic carboxylic acids is 1. The molecule has 0 rings (SSSR count). The minimum absolute atomic E-state index is 0.0767. The molecule has 0 aromatic carbocycles. The summed E-state index contributed by atoms with van der Waals surface area (Å²) in [5.41, 5.74) is 0.0886. The Morgan fingerprint density at radius 3 is 1.65 bits per heavy atom. The number of rotatable bonds is 12. The molecular formula is C20H44O7Si4. The monoisotopic (exact) mass is 508 g/mol. The maximum Gasteiger partial charge on any atom is 0.466 e. The third-order valence-electron chi connectivity index (χ3n) is 4.33. The zero-order valence-electron chi connectivity index (χ0n) is 21.5. The highest BCUT2D eigenvalue weighted by Gasteiger charge is 2.51. The molecule has 1 N–H and O–H groups in total. The molecule has 1 unspecified atom stereocenters. The molecule has 0 radical (unpaired) electrons. The van der Waals surface area contributed by atoms with Gasteiger partial charge in [-0.3, -0.25) is 0 Å². The van der Waals surface area contributed by atoms with Crippen LogP contribution in [0.2, 0.25) is 64.5 Å². The normalized spacial score (nSPS) is 15.2. The van der Waals surface area contributed by atoms with Crippen molar-refractivity contribution in [3.05, 3.63) is 12.2 Å². The maximum absolute atomic E-state index is 11.8. The summed E-state index contributed by atoms with van der Waals surface area (Å²) < 4.78 is 25.2. The summed E-state index contributed by atoms with van der Waals surface area (Å²) in [5.74, 6) is -1.83. The van der Waals surface area contributed by atoms with E-state index < -0.39 is 45.7 Å². The largest absolute Gasteiger partial charge is 0.478 e. The molecule has 182 valence electrons. The van der Waals surface area contributed by atoms with Gasteiger partial charge < -0.3 is 22.2 Å². The van der Waals surface area contributed by atoms with E-state index in [0.29, 0.717) is 6.42 Å². The van der Waals surface area contributed by atoms with E-state index in [1.54, 1.807) is 0 Å². The first-order chi connectivity index (χ1) is 13.6. The summed E-state index contributed by atoms with van der Waals surface area (Å²) in [6.45, 7) is 26.0. The second-order valence-electron chi connectivity index (χ2n) is 11.5. The van der Waals surface area contributed by atoms with Crippen molar-refractivity contribution in [2.75, 3.05) is 6.61 Å². The van der Waals surface area contributed by atoms with Crippen LogP contribution in [-0.2, 0) is 26.7 Å². The third-order valence-corrected chi connectivity index (χ3v) is 18.6. The molecule has 0 saturated carbocycles. The van der Waals surface area contributed by atoms with Crippen molar-refractivity contribution in [3.8, 4) is 0 Å². The molecule has 1 atom stereocenters. The Balaban J connectivity index is 5.60. The molecule has 0 amide bonds. The molecule has 0 aliphatic carbocycles. The van der Waals surface area contributed by atoms with Crippen LogP contribution in [0.4, 0.5) is 0 Å². The van der Waals surface area contributed by atoms with Crippen LogP contribution >= 0.6 is 0 Å². The van der Waals surface area contributed by atoms with Gasteiger partial charge in [0.05, 0.1) is 6.61 Å².